The fourth-order valence-electron chi connectivity index (χ4n) is 5.28. The third kappa shape index (κ3) is 5.33. The summed E-state index contributed by atoms with van der Waals surface area (Å²) in [5.74, 6) is -0.201. The molecule has 0 spiro atoms. The standard InChI is InChI=1S/C26H30F3N5O2/c27-26(28,29)22-10-7-19(16-30-22)31-24(36)32-21-4-3-15-34(23(21)35)20-8-5-18(6-9-20)25(11-12-25)17-33-13-1-2-14-33/h5-10,16,21H,1-4,11-15,17H2,(H2,31,32,36). The molecule has 0 bridgehead atoms. The van der Waals surface area contributed by atoms with Gasteiger partial charge in [-0.3, -0.25) is 4.79 Å². The number of likely N-dealkylation sites (tertiary alicyclic amines) is 1. The van der Waals surface area contributed by atoms with Crippen molar-refractivity contribution in [3.05, 3.63) is 53.9 Å². The van der Waals surface area contributed by atoms with E-state index in [-0.39, 0.29) is 17.0 Å². The predicted octanol–water partition coefficient (Wildman–Crippen LogP) is 4.54. The van der Waals surface area contributed by atoms with Crippen LogP contribution in [0.2, 0.25) is 0 Å². The summed E-state index contributed by atoms with van der Waals surface area (Å²) in [4.78, 5) is 33.1. The molecule has 3 heterocycles. The lowest BCUT2D eigenvalue weighted by atomic mass is 9.94. The summed E-state index contributed by atoms with van der Waals surface area (Å²) in [7, 11) is 0. The van der Waals surface area contributed by atoms with Gasteiger partial charge in [-0.1, -0.05) is 12.1 Å². The van der Waals surface area contributed by atoms with E-state index in [2.05, 4.69) is 32.7 Å². The third-order valence-corrected chi connectivity index (χ3v) is 7.43. The molecule has 3 fully saturated rings. The van der Waals surface area contributed by atoms with Crippen molar-refractivity contribution in [2.24, 2.45) is 0 Å². The Morgan fingerprint density at radius 1 is 1.03 bits per heavy atom. The van der Waals surface area contributed by atoms with Gasteiger partial charge in [-0.05, 0) is 81.4 Å². The molecule has 0 radical (unpaired) electrons. The van der Waals surface area contributed by atoms with Crippen LogP contribution in [0.15, 0.2) is 42.6 Å². The van der Waals surface area contributed by atoms with Gasteiger partial charge in [0.2, 0.25) is 5.91 Å². The molecule has 3 amide bonds. The highest BCUT2D eigenvalue weighted by Crippen LogP contribution is 2.49. The van der Waals surface area contributed by atoms with Crippen LogP contribution in [0, 0.1) is 0 Å². The van der Waals surface area contributed by atoms with Crippen molar-refractivity contribution in [3.8, 4) is 0 Å². The van der Waals surface area contributed by atoms with E-state index < -0.39 is 23.9 Å². The van der Waals surface area contributed by atoms with E-state index in [0.717, 1.165) is 37.0 Å². The maximum absolute atomic E-state index is 13.1. The molecule has 1 atom stereocenters. The molecule has 10 heteroatoms. The lowest BCUT2D eigenvalue weighted by Crippen LogP contribution is -2.53. The molecule has 2 aromatic rings. The normalized spacial score (nSPS) is 21.9. The average molecular weight is 502 g/mol. The van der Waals surface area contributed by atoms with Crippen molar-refractivity contribution < 1.29 is 22.8 Å². The van der Waals surface area contributed by atoms with Crippen LogP contribution in [0.5, 0.6) is 0 Å². The van der Waals surface area contributed by atoms with E-state index in [1.54, 1.807) is 4.90 Å². The Labute approximate surface area is 208 Å². The number of amides is 3. The zero-order valence-corrected chi connectivity index (χ0v) is 20.0. The first-order chi connectivity index (χ1) is 17.2. The molecule has 5 rings (SSSR count). The van der Waals surface area contributed by atoms with E-state index in [4.69, 9.17) is 0 Å². The number of aromatic nitrogens is 1. The van der Waals surface area contributed by atoms with Crippen molar-refractivity contribution in [2.75, 3.05) is 36.4 Å². The maximum atomic E-state index is 13.1. The van der Waals surface area contributed by atoms with Crippen LogP contribution in [0.3, 0.4) is 0 Å². The number of rotatable bonds is 6. The number of piperidine rings is 1. The molecule has 2 N–H and O–H groups in total. The summed E-state index contributed by atoms with van der Waals surface area (Å²) in [6.45, 7) is 4.03. The van der Waals surface area contributed by atoms with Crippen LogP contribution < -0.4 is 15.5 Å². The van der Waals surface area contributed by atoms with E-state index in [0.29, 0.717) is 13.0 Å². The van der Waals surface area contributed by atoms with Gasteiger partial charge >= 0.3 is 12.2 Å². The van der Waals surface area contributed by atoms with Crippen molar-refractivity contribution in [3.63, 3.8) is 0 Å². The molecular weight excluding hydrogens is 471 g/mol. The molecule has 36 heavy (non-hydrogen) atoms. The fraction of sp³-hybridized carbons (Fsp3) is 0.500. The number of pyridine rings is 1. The van der Waals surface area contributed by atoms with Crippen LogP contribution in [0.1, 0.15) is 49.8 Å². The Morgan fingerprint density at radius 2 is 1.75 bits per heavy atom. The Hall–Kier alpha value is -3.14. The monoisotopic (exact) mass is 501 g/mol. The Balaban J connectivity index is 1.19. The predicted molar refractivity (Wildman–Crippen MR) is 130 cm³/mol. The van der Waals surface area contributed by atoms with Crippen LogP contribution in [-0.2, 0) is 16.4 Å². The first-order valence-corrected chi connectivity index (χ1v) is 12.5. The van der Waals surface area contributed by atoms with Crippen LogP contribution in [0.4, 0.5) is 29.3 Å². The smallest absolute Gasteiger partial charge is 0.326 e. The summed E-state index contributed by atoms with van der Waals surface area (Å²) < 4.78 is 38.0. The SMILES string of the molecule is O=C(Nc1ccc(C(F)(F)F)nc1)NC1CCCN(c2ccc(C3(CN4CCCC4)CC3)cc2)C1=O. The molecule has 7 nitrogen and oxygen atoms in total. The molecule has 1 aromatic carbocycles. The first kappa shape index (κ1) is 24.5. The largest absolute Gasteiger partial charge is 0.433 e. The number of benzene rings is 1. The summed E-state index contributed by atoms with van der Waals surface area (Å²) in [5, 5.41) is 5.10. The number of hydrogen-bond acceptors (Lipinski definition) is 4. The van der Waals surface area contributed by atoms with Crippen molar-refractivity contribution >= 4 is 23.3 Å². The highest BCUT2D eigenvalue weighted by molar-refractivity contribution is 6.01. The third-order valence-electron chi connectivity index (χ3n) is 7.43. The second kappa shape index (κ2) is 9.72. The molecule has 192 valence electrons. The maximum Gasteiger partial charge on any atom is 0.433 e. The fourth-order valence-corrected chi connectivity index (χ4v) is 5.28. The van der Waals surface area contributed by atoms with Gasteiger partial charge in [0, 0.05) is 24.2 Å². The van der Waals surface area contributed by atoms with Gasteiger partial charge in [-0.15, -0.1) is 0 Å². The van der Waals surface area contributed by atoms with E-state index in [9.17, 15) is 22.8 Å². The molecule has 1 aliphatic carbocycles. The Morgan fingerprint density at radius 3 is 2.36 bits per heavy atom. The zero-order valence-electron chi connectivity index (χ0n) is 20.0. The van der Waals surface area contributed by atoms with Gasteiger partial charge in [-0.25, -0.2) is 9.78 Å². The summed E-state index contributed by atoms with van der Waals surface area (Å²) >= 11 is 0. The molecule has 3 aliphatic rings. The van der Waals surface area contributed by atoms with E-state index in [1.807, 2.05) is 12.1 Å². The number of urea groups is 1. The minimum absolute atomic E-state index is 0.110. The molecule has 2 aliphatic heterocycles. The van der Waals surface area contributed by atoms with Crippen LogP contribution >= 0.6 is 0 Å². The number of carbonyl (C=O) groups excluding carboxylic acids is 2. The minimum Gasteiger partial charge on any atom is -0.326 e. The molecule has 1 saturated carbocycles. The Kier molecular flexibility index (Phi) is 6.63. The lowest BCUT2D eigenvalue weighted by molar-refractivity contribution is -0.141. The summed E-state index contributed by atoms with van der Waals surface area (Å²) in [6.07, 6.45) is 2.55. The topological polar surface area (TPSA) is 77.6 Å². The highest BCUT2D eigenvalue weighted by atomic mass is 19.4. The highest BCUT2D eigenvalue weighted by Gasteiger charge is 2.45. The second-order valence-electron chi connectivity index (χ2n) is 10.0. The second-order valence-corrected chi connectivity index (χ2v) is 10.0. The number of nitrogens with zero attached hydrogens (tertiary/aromatic N) is 3. The van der Waals surface area contributed by atoms with Crippen LogP contribution in [0.25, 0.3) is 0 Å². The van der Waals surface area contributed by atoms with Crippen molar-refractivity contribution in [2.45, 2.75) is 56.2 Å². The van der Waals surface area contributed by atoms with Gasteiger partial charge in [-0.2, -0.15) is 13.2 Å². The number of carbonyl (C=O) groups is 2. The average Bonchev–Trinajstić information content (AvgIpc) is 3.45. The number of halogens is 3. The molecule has 1 unspecified atom stereocenters. The number of hydrogen-bond donors (Lipinski definition) is 2. The Bertz CT molecular complexity index is 1090. The minimum atomic E-state index is -4.55. The quantitative estimate of drug-likeness (QED) is 0.609. The van der Waals surface area contributed by atoms with Crippen molar-refractivity contribution in [1.29, 1.82) is 0 Å². The summed E-state index contributed by atoms with van der Waals surface area (Å²) in [6, 6.07) is 8.79. The summed E-state index contributed by atoms with van der Waals surface area (Å²) in [5.41, 5.74) is 1.44. The van der Waals surface area contributed by atoms with Crippen molar-refractivity contribution in [1.82, 2.24) is 15.2 Å². The van der Waals surface area contributed by atoms with Crippen LogP contribution in [-0.4, -0.2) is 54.0 Å². The van der Waals surface area contributed by atoms with Gasteiger partial charge in [0.25, 0.3) is 0 Å². The molecule has 1 aromatic heterocycles. The number of anilines is 2. The van der Waals surface area contributed by atoms with Gasteiger partial charge in [0.1, 0.15) is 11.7 Å². The van der Waals surface area contributed by atoms with E-state index in [1.165, 1.54) is 44.3 Å². The van der Waals surface area contributed by atoms with Gasteiger partial charge in [0.05, 0.1) is 11.9 Å². The lowest BCUT2D eigenvalue weighted by Gasteiger charge is -2.33. The molecule has 2 saturated heterocycles. The molecular formula is C26H30F3N5O2. The number of alkyl halides is 3. The van der Waals surface area contributed by atoms with Gasteiger partial charge < -0.3 is 20.4 Å². The zero-order chi connectivity index (χ0) is 25.3. The number of nitrogens with one attached hydrogen (secondary N) is 2. The van der Waals surface area contributed by atoms with E-state index >= 15 is 0 Å². The first-order valence-electron chi connectivity index (χ1n) is 12.5. The van der Waals surface area contributed by atoms with Gasteiger partial charge in [0.15, 0.2) is 0 Å².